The summed E-state index contributed by atoms with van der Waals surface area (Å²) in [5.74, 6) is 0.206. The molecule has 2 heterocycles. The molecule has 1 unspecified atom stereocenters. The number of carbonyl (C=O) groups excluding carboxylic acids is 2. The van der Waals surface area contributed by atoms with Gasteiger partial charge in [0.05, 0.1) is 12.5 Å². The molecule has 0 saturated carbocycles. The van der Waals surface area contributed by atoms with Crippen molar-refractivity contribution in [3.63, 3.8) is 0 Å². The van der Waals surface area contributed by atoms with Crippen LogP contribution in [-0.2, 0) is 11.8 Å². The molecule has 2 amide bonds. The van der Waals surface area contributed by atoms with Crippen molar-refractivity contribution >= 4 is 17.6 Å². The summed E-state index contributed by atoms with van der Waals surface area (Å²) in [6, 6.07) is 8.76. The molecule has 1 aromatic carbocycles. The number of nitrogens with zero attached hydrogens (tertiary/aromatic N) is 2. The maximum atomic E-state index is 12.0. The minimum atomic E-state index is -0.276. The van der Waals surface area contributed by atoms with Gasteiger partial charge in [0.25, 0.3) is 5.91 Å². The molecular formula is C14H14N4O2. The van der Waals surface area contributed by atoms with Crippen molar-refractivity contribution in [2.45, 2.75) is 12.5 Å². The van der Waals surface area contributed by atoms with Crippen molar-refractivity contribution in [3.05, 3.63) is 47.7 Å². The van der Waals surface area contributed by atoms with E-state index in [1.165, 1.54) is 0 Å². The van der Waals surface area contributed by atoms with Crippen LogP contribution in [0.15, 0.2) is 36.5 Å². The second-order valence-corrected chi connectivity index (χ2v) is 4.74. The second kappa shape index (κ2) is 4.80. The number of aryl methyl sites for hydroxylation is 1. The number of aromatic nitrogens is 2. The third-order valence-corrected chi connectivity index (χ3v) is 3.26. The average molecular weight is 270 g/mol. The molecule has 0 aliphatic carbocycles. The van der Waals surface area contributed by atoms with Gasteiger partial charge in [0.15, 0.2) is 5.82 Å². The fraction of sp³-hybridized carbons (Fsp3) is 0.214. The summed E-state index contributed by atoms with van der Waals surface area (Å²) in [4.78, 5) is 23.7. The highest BCUT2D eigenvalue weighted by Crippen LogP contribution is 2.27. The maximum Gasteiger partial charge on any atom is 0.252 e. The lowest BCUT2D eigenvalue weighted by Gasteiger charge is -2.10. The fourth-order valence-corrected chi connectivity index (χ4v) is 2.34. The number of fused-ring (bicyclic) bond motifs is 1. The van der Waals surface area contributed by atoms with Gasteiger partial charge in [-0.15, -0.1) is 0 Å². The summed E-state index contributed by atoms with van der Waals surface area (Å²) < 4.78 is 1.61. The molecule has 0 fully saturated rings. The molecule has 2 aromatic rings. The lowest BCUT2D eigenvalue weighted by atomic mass is 10.0. The Kier molecular flexibility index (Phi) is 2.98. The van der Waals surface area contributed by atoms with Crippen LogP contribution in [0.3, 0.4) is 0 Å². The molecular weight excluding hydrogens is 256 g/mol. The smallest absolute Gasteiger partial charge is 0.252 e. The van der Waals surface area contributed by atoms with Crippen molar-refractivity contribution in [1.29, 1.82) is 0 Å². The predicted octanol–water partition coefficient (Wildman–Crippen LogP) is 1.23. The molecule has 1 atom stereocenters. The summed E-state index contributed by atoms with van der Waals surface area (Å²) >= 11 is 0. The first-order chi connectivity index (χ1) is 9.63. The van der Waals surface area contributed by atoms with Crippen molar-refractivity contribution in [3.8, 4) is 0 Å². The Balaban J connectivity index is 1.70. The molecule has 0 bridgehead atoms. The molecule has 0 spiro atoms. The Morgan fingerprint density at radius 1 is 1.40 bits per heavy atom. The van der Waals surface area contributed by atoms with E-state index in [9.17, 15) is 9.59 Å². The lowest BCUT2D eigenvalue weighted by molar-refractivity contribution is -0.116. The van der Waals surface area contributed by atoms with Gasteiger partial charge in [-0.1, -0.05) is 18.2 Å². The van der Waals surface area contributed by atoms with Gasteiger partial charge >= 0.3 is 0 Å². The molecule has 6 heteroatoms. The SMILES string of the molecule is Cn1ccc(NC(=O)CC2NC(=O)c3ccccc32)n1. The van der Waals surface area contributed by atoms with E-state index in [4.69, 9.17) is 0 Å². The van der Waals surface area contributed by atoms with Crippen LogP contribution < -0.4 is 10.6 Å². The number of amides is 2. The standard InChI is InChI=1S/C14H14N4O2/c1-18-7-6-12(17-18)16-13(19)8-11-9-4-2-3-5-10(9)14(20)15-11/h2-7,11H,8H2,1H3,(H,15,20)(H,16,17,19). The molecule has 2 N–H and O–H groups in total. The third kappa shape index (κ3) is 2.27. The molecule has 6 nitrogen and oxygen atoms in total. The molecule has 1 aromatic heterocycles. The minimum absolute atomic E-state index is 0.128. The average Bonchev–Trinajstić information content (AvgIpc) is 2.95. The van der Waals surface area contributed by atoms with Crippen molar-refractivity contribution < 1.29 is 9.59 Å². The van der Waals surface area contributed by atoms with E-state index in [1.54, 1.807) is 30.1 Å². The number of benzene rings is 1. The van der Waals surface area contributed by atoms with Crippen molar-refractivity contribution in [2.24, 2.45) is 7.05 Å². The number of anilines is 1. The number of rotatable bonds is 3. The van der Waals surface area contributed by atoms with Crippen LogP contribution in [0.1, 0.15) is 28.4 Å². The number of nitrogens with one attached hydrogen (secondary N) is 2. The van der Waals surface area contributed by atoms with Crippen LogP contribution in [0.4, 0.5) is 5.82 Å². The summed E-state index contributed by atoms with van der Waals surface area (Å²) in [5, 5.41) is 9.61. The van der Waals surface area contributed by atoms with Crippen LogP contribution in [0.25, 0.3) is 0 Å². The maximum absolute atomic E-state index is 12.0. The van der Waals surface area contributed by atoms with E-state index < -0.39 is 0 Å². The Labute approximate surface area is 115 Å². The van der Waals surface area contributed by atoms with Gasteiger partial charge in [0, 0.05) is 24.9 Å². The highest BCUT2D eigenvalue weighted by Gasteiger charge is 2.29. The van der Waals surface area contributed by atoms with Gasteiger partial charge < -0.3 is 10.6 Å². The Hall–Kier alpha value is -2.63. The van der Waals surface area contributed by atoms with Crippen LogP contribution in [0.5, 0.6) is 0 Å². The Morgan fingerprint density at radius 3 is 2.95 bits per heavy atom. The predicted molar refractivity (Wildman–Crippen MR) is 73.1 cm³/mol. The van der Waals surface area contributed by atoms with Gasteiger partial charge in [0.1, 0.15) is 0 Å². The Morgan fingerprint density at radius 2 is 2.20 bits per heavy atom. The highest BCUT2D eigenvalue weighted by molar-refractivity contribution is 6.00. The van der Waals surface area contributed by atoms with Gasteiger partial charge in [-0.3, -0.25) is 14.3 Å². The lowest BCUT2D eigenvalue weighted by Crippen LogP contribution is -2.24. The van der Waals surface area contributed by atoms with E-state index in [-0.39, 0.29) is 24.3 Å². The fourth-order valence-electron chi connectivity index (χ4n) is 2.34. The van der Waals surface area contributed by atoms with E-state index in [0.717, 1.165) is 5.56 Å². The van der Waals surface area contributed by atoms with Crippen molar-refractivity contribution in [1.82, 2.24) is 15.1 Å². The molecule has 20 heavy (non-hydrogen) atoms. The van der Waals surface area contributed by atoms with E-state index in [0.29, 0.717) is 11.4 Å². The number of hydrogen-bond acceptors (Lipinski definition) is 3. The number of carbonyl (C=O) groups is 2. The quantitative estimate of drug-likeness (QED) is 0.880. The molecule has 1 aliphatic heterocycles. The number of hydrogen-bond donors (Lipinski definition) is 2. The van der Waals surface area contributed by atoms with Crippen LogP contribution >= 0.6 is 0 Å². The van der Waals surface area contributed by atoms with E-state index >= 15 is 0 Å². The molecule has 1 aliphatic rings. The van der Waals surface area contributed by atoms with Crippen molar-refractivity contribution in [2.75, 3.05) is 5.32 Å². The summed E-state index contributed by atoms with van der Waals surface area (Å²) in [7, 11) is 1.78. The monoisotopic (exact) mass is 270 g/mol. The Bertz CT molecular complexity index is 677. The zero-order chi connectivity index (χ0) is 14.1. The molecule has 3 rings (SSSR count). The zero-order valence-electron chi connectivity index (χ0n) is 11.0. The largest absolute Gasteiger partial charge is 0.345 e. The minimum Gasteiger partial charge on any atom is -0.345 e. The third-order valence-electron chi connectivity index (χ3n) is 3.26. The summed E-state index contributed by atoms with van der Waals surface area (Å²) in [5.41, 5.74) is 1.51. The first-order valence-electron chi connectivity index (χ1n) is 6.33. The van der Waals surface area contributed by atoms with Crippen LogP contribution in [0.2, 0.25) is 0 Å². The van der Waals surface area contributed by atoms with Crippen LogP contribution in [0, 0.1) is 0 Å². The van der Waals surface area contributed by atoms with Gasteiger partial charge in [-0.25, -0.2) is 0 Å². The van der Waals surface area contributed by atoms with E-state index in [2.05, 4.69) is 15.7 Å². The van der Waals surface area contributed by atoms with E-state index in [1.807, 2.05) is 18.2 Å². The zero-order valence-corrected chi connectivity index (χ0v) is 11.0. The summed E-state index contributed by atoms with van der Waals surface area (Å²) in [6.45, 7) is 0. The first-order valence-corrected chi connectivity index (χ1v) is 6.33. The van der Waals surface area contributed by atoms with Crippen LogP contribution in [-0.4, -0.2) is 21.6 Å². The first kappa shape index (κ1) is 12.4. The summed E-state index contributed by atoms with van der Waals surface area (Å²) in [6.07, 6.45) is 1.95. The van der Waals surface area contributed by atoms with Gasteiger partial charge in [0.2, 0.25) is 5.91 Å². The molecule has 0 radical (unpaired) electrons. The normalized spacial score (nSPS) is 16.6. The highest BCUT2D eigenvalue weighted by atomic mass is 16.2. The van der Waals surface area contributed by atoms with Gasteiger partial charge in [-0.2, -0.15) is 5.10 Å². The second-order valence-electron chi connectivity index (χ2n) is 4.74. The topological polar surface area (TPSA) is 76.0 Å². The van der Waals surface area contributed by atoms with Gasteiger partial charge in [-0.05, 0) is 11.6 Å². The molecule has 0 saturated heterocycles. The molecule has 102 valence electrons.